The number of benzene rings is 2. The maximum Gasteiger partial charge on any atom is 0.224 e. The van der Waals surface area contributed by atoms with Crippen LogP contribution >= 0.6 is 0 Å². The first-order valence-electron chi connectivity index (χ1n) is 7.95. The highest BCUT2D eigenvalue weighted by atomic mass is 19.1. The third-order valence-corrected chi connectivity index (χ3v) is 3.60. The molecular weight excluding hydrogens is 319 g/mol. The van der Waals surface area contributed by atoms with Crippen LogP contribution in [0.25, 0.3) is 0 Å². The van der Waals surface area contributed by atoms with E-state index >= 15 is 0 Å². The van der Waals surface area contributed by atoms with Gasteiger partial charge in [-0.05, 0) is 54.4 Å². The van der Waals surface area contributed by atoms with Crippen molar-refractivity contribution in [3.05, 3.63) is 72.2 Å². The third-order valence-electron chi connectivity index (χ3n) is 3.60. The van der Waals surface area contributed by atoms with Crippen molar-refractivity contribution in [1.82, 2.24) is 9.97 Å². The van der Waals surface area contributed by atoms with Gasteiger partial charge < -0.3 is 15.4 Å². The van der Waals surface area contributed by atoms with Gasteiger partial charge in [-0.3, -0.25) is 0 Å². The van der Waals surface area contributed by atoms with Gasteiger partial charge in [0.1, 0.15) is 17.4 Å². The standard InChI is InChI=1S/C19H19FN4O/c1-25-17-4-2-3-14(13-17)9-11-21-19-22-12-10-18(24-19)23-16-7-5-15(20)6-8-16/h2-8,10,12-13H,9,11H2,1H3,(H2,21,22,23,24). The molecule has 0 amide bonds. The Kier molecular flexibility index (Phi) is 5.41. The van der Waals surface area contributed by atoms with E-state index in [1.54, 1.807) is 31.5 Å². The second-order valence-corrected chi connectivity index (χ2v) is 5.43. The van der Waals surface area contributed by atoms with E-state index in [1.807, 2.05) is 18.2 Å². The van der Waals surface area contributed by atoms with E-state index in [0.717, 1.165) is 17.9 Å². The van der Waals surface area contributed by atoms with Crippen LogP contribution in [0, 0.1) is 5.82 Å². The van der Waals surface area contributed by atoms with Crippen LogP contribution in [-0.4, -0.2) is 23.6 Å². The van der Waals surface area contributed by atoms with Crippen molar-refractivity contribution in [3.63, 3.8) is 0 Å². The fourth-order valence-electron chi connectivity index (χ4n) is 2.34. The van der Waals surface area contributed by atoms with E-state index in [0.29, 0.717) is 18.3 Å². The van der Waals surface area contributed by atoms with Gasteiger partial charge in [-0.1, -0.05) is 12.1 Å². The molecule has 0 spiro atoms. The predicted octanol–water partition coefficient (Wildman–Crippen LogP) is 4.02. The highest BCUT2D eigenvalue weighted by Crippen LogP contribution is 2.16. The van der Waals surface area contributed by atoms with E-state index in [-0.39, 0.29) is 5.82 Å². The van der Waals surface area contributed by atoms with E-state index in [9.17, 15) is 4.39 Å². The van der Waals surface area contributed by atoms with Crippen LogP contribution < -0.4 is 15.4 Å². The lowest BCUT2D eigenvalue weighted by atomic mass is 10.1. The second kappa shape index (κ2) is 8.10. The fraction of sp³-hybridized carbons (Fsp3) is 0.158. The van der Waals surface area contributed by atoms with Gasteiger partial charge in [-0.2, -0.15) is 4.98 Å². The molecule has 3 rings (SSSR count). The molecule has 3 aromatic rings. The van der Waals surface area contributed by atoms with Gasteiger partial charge in [0.2, 0.25) is 5.95 Å². The van der Waals surface area contributed by atoms with E-state index < -0.39 is 0 Å². The lowest BCUT2D eigenvalue weighted by Crippen LogP contribution is -2.08. The van der Waals surface area contributed by atoms with Crippen LogP contribution in [0.4, 0.5) is 21.8 Å². The highest BCUT2D eigenvalue weighted by Gasteiger charge is 2.01. The van der Waals surface area contributed by atoms with E-state index in [2.05, 4.69) is 26.7 Å². The molecular formula is C19H19FN4O. The molecule has 1 heterocycles. The maximum atomic E-state index is 12.9. The lowest BCUT2D eigenvalue weighted by molar-refractivity contribution is 0.414. The number of methoxy groups -OCH3 is 1. The predicted molar refractivity (Wildman–Crippen MR) is 96.9 cm³/mol. The molecule has 1 aromatic heterocycles. The quantitative estimate of drug-likeness (QED) is 0.681. The Bertz CT molecular complexity index is 824. The Morgan fingerprint density at radius 2 is 1.92 bits per heavy atom. The van der Waals surface area contributed by atoms with E-state index in [4.69, 9.17) is 4.74 Å². The van der Waals surface area contributed by atoms with Gasteiger partial charge in [0.15, 0.2) is 0 Å². The Balaban J connectivity index is 1.57. The van der Waals surface area contributed by atoms with Crippen LogP contribution in [0.1, 0.15) is 5.56 Å². The fourth-order valence-corrected chi connectivity index (χ4v) is 2.34. The molecule has 0 bridgehead atoms. The molecule has 0 atom stereocenters. The van der Waals surface area contributed by atoms with Crippen LogP contribution in [0.3, 0.4) is 0 Å². The van der Waals surface area contributed by atoms with Crippen molar-refractivity contribution >= 4 is 17.5 Å². The first-order valence-corrected chi connectivity index (χ1v) is 7.95. The molecule has 0 aliphatic heterocycles. The summed E-state index contributed by atoms with van der Waals surface area (Å²) in [5, 5.41) is 6.32. The average Bonchev–Trinajstić information content (AvgIpc) is 2.64. The zero-order valence-electron chi connectivity index (χ0n) is 13.9. The van der Waals surface area contributed by atoms with Crippen molar-refractivity contribution in [2.75, 3.05) is 24.3 Å². The number of hydrogen-bond acceptors (Lipinski definition) is 5. The van der Waals surface area contributed by atoms with Crippen molar-refractivity contribution in [3.8, 4) is 5.75 Å². The summed E-state index contributed by atoms with van der Waals surface area (Å²) in [5.41, 5.74) is 1.94. The summed E-state index contributed by atoms with van der Waals surface area (Å²) in [5.74, 6) is 1.76. The smallest absolute Gasteiger partial charge is 0.224 e. The molecule has 0 saturated heterocycles. The molecule has 6 heteroatoms. The topological polar surface area (TPSA) is 59.1 Å². The highest BCUT2D eigenvalue weighted by molar-refractivity contribution is 5.56. The zero-order valence-corrected chi connectivity index (χ0v) is 13.9. The summed E-state index contributed by atoms with van der Waals surface area (Å²) >= 11 is 0. The van der Waals surface area contributed by atoms with Crippen molar-refractivity contribution in [2.45, 2.75) is 6.42 Å². The van der Waals surface area contributed by atoms with Gasteiger partial charge in [0.05, 0.1) is 7.11 Å². The number of ether oxygens (including phenoxy) is 1. The zero-order chi connectivity index (χ0) is 17.5. The minimum absolute atomic E-state index is 0.270. The maximum absolute atomic E-state index is 12.9. The molecule has 0 radical (unpaired) electrons. The number of halogens is 1. The first-order chi connectivity index (χ1) is 12.2. The Labute approximate surface area is 145 Å². The van der Waals surface area contributed by atoms with E-state index in [1.165, 1.54) is 17.7 Å². The molecule has 0 fully saturated rings. The molecule has 5 nitrogen and oxygen atoms in total. The van der Waals surface area contributed by atoms with Crippen molar-refractivity contribution < 1.29 is 9.13 Å². The van der Waals surface area contributed by atoms with Crippen LogP contribution in [0.5, 0.6) is 5.75 Å². The number of nitrogens with zero attached hydrogens (tertiary/aromatic N) is 2. The summed E-state index contributed by atoms with van der Waals surface area (Å²) < 4.78 is 18.2. The van der Waals surface area contributed by atoms with Crippen molar-refractivity contribution in [1.29, 1.82) is 0 Å². The minimum atomic E-state index is -0.270. The molecule has 0 saturated carbocycles. The molecule has 0 aliphatic rings. The molecule has 0 unspecified atom stereocenters. The van der Waals surface area contributed by atoms with Crippen LogP contribution in [0.2, 0.25) is 0 Å². The third kappa shape index (κ3) is 4.91. The average molecular weight is 338 g/mol. The number of hydrogen-bond donors (Lipinski definition) is 2. The number of rotatable bonds is 7. The second-order valence-electron chi connectivity index (χ2n) is 5.43. The van der Waals surface area contributed by atoms with Crippen molar-refractivity contribution in [2.24, 2.45) is 0 Å². The van der Waals surface area contributed by atoms with Gasteiger partial charge in [-0.25, -0.2) is 9.37 Å². The number of nitrogens with one attached hydrogen (secondary N) is 2. The van der Waals surface area contributed by atoms with Gasteiger partial charge >= 0.3 is 0 Å². The van der Waals surface area contributed by atoms with Gasteiger partial charge in [0, 0.05) is 18.4 Å². The molecule has 2 N–H and O–H groups in total. The largest absolute Gasteiger partial charge is 0.497 e. The molecule has 2 aromatic carbocycles. The first kappa shape index (κ1) is 16.7. The van der Waals surface area contributed by atoms with Crippen LogP contribution in [0.15, 0.2) is 60.8 Å². The van der Waals surface area contributed by atoms with Crippen LogP contribution in [-0.2, 0) is 6.42 Å². The minimum Gasteiger partial charge on any atom is -0.497 e. The number of aromatic nitrogens is 2. The monoisotopic (exact) mass is 338 g/mol. The SMILES string of the molecule is COc1cccc(CCNc2nccc(Nc3ccc(F)cc3)n2)c1. The Hall–Kier alpha value is -3.15. The van der Waals surface area contributed by atoms with Gasteiger partial charge in [-0.15, -0.1) is 0 Å². The Morgan fingerprint density at radius 1 is 1.08 bits per heavy atom. The summed E-state index contributed by atoms with van der Waals surface area (Å²) in [6.07, 6.45) is 2.50. The number of anilines is 3. The molecule has 128 valence electrons. The normalized spacial score (nSPS) is 10.3. The molecule has 0 aliphatic carbocycles. The summed E-state index contributed by atoms with van der Waals surface area (Å²) in [6, 6.07) is 15.8. The van der Waals surface area contributed by atoms with Gasteiger partial charge in [0.25, 0.3) is 0 Å². The lowest BCUT2D eigenvalue weighted by Gasteiger charge is -2.09. The summed E-state index contributed by atoms with van der Waals surface area (Å²) in [4.78, 5) is 8.62. The molecule has 25 heavy (non-hydrogen) atoms. The Morgan fingerprint density at radius 3 is 2.72 bits per heavy atom. The summed E-state index contributed by atoms with van der Waals surface area (Å²) in [7, 11) is 1.66. The summed E-state index contributed by atoms with van der Waals surface area (Å²) in [6.45, 7) is 0.702.